The van der Waals surface area contributed by atoms with Gasteiger partial charge >= 0.3 is 0 Å². The molecule has 1 atom stereocenters. The number of hydrogen-bond donors (Lipinski definition) is 1. The number of hydrogen-bond acceptors (Lipinski definition) is 3. The second-order valence-corrected chi connectivity index (χ2v) is 6.25. The van der Waals surface area contributed by atoms with Gasteiger partial charge in [-0.1, -0.05) is 18.2 Å². The molecule has 1 saturated heterocycles. The molecule has 1 aliphatic heterocycles. The molecule has 0 radical (unpaired) electrons. The van der Waals surface area contributed by atoms with E-state index < -0.39 is 0 Å². The molecule has 1 amide bonds. The van der Waals surface area contributed by atoms with E-state index in [0.29, 0.717) is 18.3 Å². The maximum absolute atomic E-state index is 12.5. The van der Waals surface area contributed by atoms with Gasteiger partial charge in [0, 0.05) is 30.9 Å². The highest BCUT2D eigenvalue weighted by Crippen LogP contribution is 2.21. The van der Waals surface area contributed by atoms with Gasteiger partial charge in [-0.2, -0.15) is 0 Å². The summed E-state index contributed by atoms with van der Waals surface area (Å²) in [6, 6.07) is 8.03. The van der Waals surface area contributed by atoms with Crippen molar-refractivity contribution in [2.75, 3.05) is 19.7 Å². The Bertz CT molecular complexity index is 680. The summed E-state index contributed by atoms with van der Waals surface area (Å²) in [4.78, 5) is 21.5. The minimum Gasteiger partial charge on any atom is -0.493 e. The fourth-order valence-electron chi connectivity index (χ4n) is 2.98. The summed E-state index contributed by atoms with van der Waals surface area (Å²) < 4.78 is 5.95. The van der Waals surface area contributed by atoms with E-state index in [9.17, 15) is 4.79 Å². The lowest BCUT2D eigenvalue weighted by molar-refractivity contribution is 0.0622. The highest BCUT2D eigenvalue weighted by molar-refractivity contribution is 5.90. The number of rotatable bonds is 4. The zero-order chi connectivity index (χ0) is 16.2. The third kappa shape index (κ3) is 3.73. The molecule has 0 spiro atoms. The van der Waals surface area contributed by atoms with Crippen molar-refractivity contribution in [1.82, 2.24) is 14.9 Å². The van der Waals surface area contributed by atoms with Crippen molar-refractivity contribution in [2.45, 2.75) is 26.7 Å². The number of carbonyl (C=O) groups excluding carboxylic acids is 1. The van der Waals surface area contributed by atoms with Gasteiger partial charge in [0.1, 0.15) is 5.75 Å². The Balaban J connectivity index is 1.58. The van der Waals surface area contributed by atoms with Gasteiger partial charge in [-0.3, -0.25) is 4.79 Å². The molecule has 122 valence electrons. The highest BCUT2D eigenvalue weighted by Gasteiger charge is 2.26. The Morgan fingerprint density at radius 2 is 2.22 bits per heavy atom. The molecular formula is C18H23N3O2. The monoisotopic (exact) mass is 313 g/mol. The van der Waals surface area contributed by atoms with Crippen LogP contribution in [0.3, 0.4) is 0 Å². The van der Waals surface area contributed by atoms with E-state index in [2.05, 4.69) is 9.97 Å². The van der Waals surface area contributed by atoms with E-state index in [1.54, 1.807) is 6.20 Å². The number of aromatic nitrogens is 2. The van der Waals surface area contributed by atoms with Crippen LogP contribution in [0.15, 0.2) is 30.5 Å². The van der Waals surface area contributed by atoms with Gasteiger partial charge in [0.15, 0.2) is 5.82 Å². The predicted octanol–water partition coefficient (Wildman–Crippen LogP) is 2.96. The number of nitrogens with one attached hydrogen (secondary N) is 1. The third-order valence-electron chi connectivity index (χ3n) is 4.28. The summed E-state index contributed by atoms with van der Waals surface area (Å²) in [5, 5.41) is 0. The van der Waals surface area contributed by atoms with Crippen molar-refractivity contribution in [3.8, 4) is 5.75 Å². The minimum absolute atomic E-state index is 0.0151. The second kappa shape index (κ2) is 6.86. The van der Waals surface area contributed by atoms with Crippen LogP contribution in [0.4, 0.5) is 0 Å². The molecule has 5 heteroatoms. The van der Waals surface area contributed by atoms with Crippen LogP contribution >= 0.6 is 0 Å². The van der Waals surface area contributed by atoms with Gasteiger partial charge in [-0.05, 0) is 38.3 Å². The zero-order valence-electron chi connectivity index (χ0n) is 13.7. The number of benzene rings is 1. The Morgan fingerprint density at radius 3 is 2.96 bits per heavy atom. The van der Waals surface area contributed by atoms with Crippen LogP contribution in [-0.2, 0) is 0 Å². The number of ether oxygens (including phenoxy) is 1. The van der Waals surface area contributed by atoms with Crippen molar-refractivity contribution in [3.05, 3.63) is 47.5 Å². The largest absolute Gasteiger partial charge is 0.493 e. The molecule has 0 bridgehead atoms. The van der Waals surface area contributed by atoms with E-state index in [-0.39, 0.29) is 5.91 Å². The molecule has 2 heterocycles. The number of piperidine rings is 1. The molecule has 0 aliphatic carbocycles. The van der Waals surface area contributed by atoms with Gasteiger partial charge in [0.2, 0.25) is 0 Å². The lowest BCUT2D eigenvalue weighted by atomic mass is 9.99. The van der Waals surface area contributed by atoms with Crippen molar-refractivity contribution in [1.29, 1.82) is 0 Å². The smallest absolute Gasteiger partial charge is 0.289 e. The summed E-state index contributed by atoms with van der Waals surface area (Å²) in [5.41, 5.74) is 2.05. The van der Waals surface area contributed by atoms with Gasteiger partial charge in [-0.15, -0.1) is 0 Å². The van der Waals surface area contributed by atoms with E-state index in [4.69, 9.17) is 4.74 Å². The molecule has 1 aromatic carbocycles. The number of nitrogens with zero attached hydrogens (tertiary/aromatic N) is 2. The maximum Gasteiger partial charge on any atom is 0.289 e. The molecule has 1 fully saturated rings. The zero-order valence-corrected chi connectivity index (χ0v) is 13.7. The van der Waals surface area contributed by atoms with Crippen molar-refractivity contribution >= 4 is 5.91 Å². The molecule has 3 rings (SSSR count). The minimum atomic E-state index is -0.0151. The SMILES string of the molecule is Cc1cnc(C(=O)N2CCC[C@H](COc3ccccc3C)C2)[nH]1. The van der Waals surface area contributed by atoms with Crippen LogP contribution in [-0.4, -0.2) is 40.5 Å². The van der Waals surface area contributed by atoms with Crippen LogP contribution in [0.2, 0.25) is 0 Å². The van der Waals surface area contributed by atoms with E-state index in [1.807, 2.05) is 43.0 Å². The predicted molar refractivity (Wildman–Crippen MR) is 88.6 cm³/mol. The standard InChI is InChI=1S/C18H23N3O2/c1-13-6-3-4-8-16(13)23-12-15-7-5-9-21(11-15)18(22)17-19-10-14(2)20-17/h3-4,6,8,10,15H,5,7,9,11-12H2,1-2H3,(H,19,20)/t15-/m0/s1. The van der Waals surface area contributed by atoms with Crippen molar-refractivity contribution in [2.24, 2.45) is 5.92 Å². The van der Waals surface area contributed by atoms with Gasteiger partial charge in [0.05, 0.1) is 6.61 Å². The summed E-state index contributed by atoms with van der Waals surface area (Å²) in [6.07, 6.45) is 3.79. The van der Waals surface area contributed by atoms with Gasteiger partial charge < -0.3 is 14.6 Å². The van der Waals surface area contributed by atoms with E-state index in [0.717, 1.165) is 42.9 Å². The number of amides is 1. The third-order valence-corrected chi connectivity index (χ3v) is 4.28. The topological polar surface area (TPSA) is 58.2 Å². The first-order valence-corrected chi connectivity index (χ1v) is 8.13. The number of likely N-dealkylation sites (tertiary alicyclic amines) is 1. The highest BCUT2D eigenvalue weighted by atomic mass is 16.5. The normalized spacial score (nSPS) is 18.0. The number of aromatic amines is 1. The second-order valence-electron chi connectivity index (χ2n) is 6.25. The molecule has 23 heavy (non-hydrogen) atoms. The molecule has 5 nitrogen and oxygen atoms in total. The first-order chi connectivity index (χ1) is 11.1. The van der Waals surface area contributed by atoms with Crippen LogP contribution in [0.1, 0.15) is 34.7 Å². The average Bonchev–Trinajstić information content (AvgIpc) is 3.00. The van der Waals surface area contributed by atoms with Crippen molar-refractivity contribution < 1.29 is 9.53 Å². The summed E-state index contributed by atoms with van der Waals surface area (Å²) in [5.74, 6) is 1.71. The Hall–Kier alpha value is -2.30. The lowest BCUT2D eigenvalue weighted by Crippen LogP contribution is -2.42. The van der Waals surface area contributed by atoms with Crippen molar-refractivity contribution in [3.63, 3.8) is 0 Å². The Labute approximate surface area is 136 Å². The average molecular weight is 313 g/mol. The Kier molecular flexibility index (Phi) is 4.65. The first-order valence-electron chi connectivity index (χ1n) is 8.13. The van der Waals surface area contributed by atoms with E-state index in [1.165, 1.54) is 0 Å². The summed E-state index contributed by atoms with van der Waals surface area (Å²) >= 11 is 0. The fraction of sp³-hybridized carbons (Fsp3) is 0.444. The number of carbonyl (C=O) groups is 1. The van der Waals surface area contributed by atoms with Crippen LogP contribution in [0, 0.1) is 19.8 Å². The summed E-state index contributed by atoms with van der Waals surface area (Å²) in [7, 11) is 0. The maximum atomic E-state index is 12.5. The van der Waals surface area contributed by atoms with Crippen LogP contribution in [0.25, 0.3) is 0 Å². The molecule has 0 unspecified atom stereocenters. The lowest BCUT2D eigenvalue weighted by Gasteiger charge is -2.32. The number of imidazole rings is 1. The number of aryl methyl sites for hydroxylation is 2. The number of para-hydroxylation sites is 1. The Morgan fingerprint density at radius 1 is 1.39 bits per heavy atom. The molecule has 1 aliphatic rings. The molecule has 1 N–H and O–H groups in total. The molecule has 2 aromatic rings. The molecule has 0 saturated carbocycles. The quantitative estimate of drug-likeness (QED) is 0.944. The molecule has 1 aromatic heterocycles. The van der Waals surface area contributed by atoms with Crippen LogP contribution in [0.5, 0.6) is 5.75 Å². The van der Waals surface area contributed by atoms with Crippen LogP contribution < -0.4 is 4.74 Å². The van der Waals surface area contributed by atoms with Gasteiger partial charge in [0.25, 0.3) is 5.91 Å². The fourth-order valence-corrected chi connectivity index (χ4v) is 2.98. The summed E-state index contributed by atoms with van der Waals surface area (Å²) in [6.45, 7) is 6.11. The number of H-pyrrole nitrogens is 1. The first kappa shape index (κ1) is 15.6. The van der Waals surface area contributed by atoms with Gasteiger partial charge in [-0.25, -0.2) is 4.98 Å². The molecular weight excluding hydrogens is 290 g/mol. The van der Waals surface area contributed by atoms with E-state index >= 15 is 0 Å².